The predicted molar refractivity (Wildman–Crippen MR) is 122 cm³/mol. The summed E-state index contributed by atoms with van der Waals surface area (Å²) in [6.07, 6.45) is 6.55. The molecule has 1 unspecified atom stereocenters. The minimum atomic E-state index is -1.53. The lowest BCUT2D eigenvalue weighted by molar-refractivity contribution is -0.914. The van der Waals surface area contributed by atoms with Gasteiger partial charge in [0, 0.05) is 25.2 Å². The summed E-state index contributed by atoms with van der Waals surface area (Å²) < 4.78 is 6.99. The standard InChI is InChI=1S/C27H36NO3/c1-28(19-16-22-10-4-2-5-11-22)20-17-25(18-21-28)31-26(29)27(30,24-14-8-9-15-24)23-12-6-3-7-13-23/h2-7,10-13,24-25,30H,8-9,14-21H2,1H3/q+1. The smallest absolute Gasteiger partial charge is 0.343 e. The van der Waals surface area contributed by atoms with Gasteiger partial charge >= 0.3 is 5.97 Å². The van der Waals surface area contributed by atoms with Crippen LogP contribution in [-0.4, -0.2) is 48.3 Å². The molecule has 1 N–H and O–H groups in total. The highest BCUT2D eigenvalue weighted by molar-refractivity contribution is 5.81. The first-order valence-corrected chi connectivity index (χ1v) is 11.9. The highest BCUT2D eigenvalue weighted by Crippen LogP contribution is 2.42. The number of quaternary nitrogens is 1. The van der Waals surface area contributed by atoms with Crippen molar-refractivity contribution in [1.29, 1.82) is 0 Å². The molecule has 0 amide bonds. The lowest BCUT2D eigenvalue weighted by Crippen LogP contribution is -2.53. The van der Waals surface area contributed by atoms with Crippen molar-refractivity contribution in [2.24, 2.45) is 5.92 Å². The van der Waals surface area contributed by atoms with Crippen LogP contribution < -0.4 is 0 Å². The number of likely N-dealkylation sites (N-methyl/N-ethyl adjacent to an activating group) is 1. The summed E-state index contributed by atoms with van der Waals surface area (Å²) in [5.41, 5.74) is 0.520. The third-order valence-corrected chi connectivity index (χ3v) is 7.51. The van der Waals surface area contributed by atoms with Crippen LogP contribution in [0.2, 0.25) is 0 Å². The van der Waals surface area contributed by atoms with Crippen LogP contribution in [0.15, 0.2) is 60.7 Å². The number of carbonyl (C=O) groups is 1. The van der Waals surface area contributed by atoms with Crippen molar-refractivity contribution in [2.45, 2.75) is 56.7 Å². The Labute approximate surface area is 186 Å². The Hall–Kier alpha value is -2.17. The first kappa shape index (κ1) is 22.0. The highest BCUT2D eigenvalue weighted by Gasteiger charge is 2.49. The van der Waals surface area contributed by atoms with Crippen LogP contribution >= 0.6 is 0 Å². The van der Waals surface area contributed by atoms with Gasteiger partial charge in [-0.1, -0.05) is 73.5 Å². The lowest BCUT2D eigenvalue weighted by atomic mass is 9.80. The third kappa shape index (κ3) is 5.02. The maximum atomic E-state index is 13.3. The normalized spacial score (nSPS) is 26.3. The summed E-state index contributed by atoms with van der Waals surface area (Å²) in [7, 11) is 2.31. The van der Waals surface area contributed by atoms with Crippen molar-refractivity contribution in [3.05, 3.63) is 71.8 Å². The van der Waals surface area contributed by atoms with Gasteiger partial charge in [0.2, 0.25) is 0 Å². The van der Waals surface area contributed by atoms with Gasteiger partial charge in [-0.2, -0.15) is 0 Å². The highest BCUT2D eigenvalue weighted by atomic mass is 16.6. The first-order chi connectivity index (χ1) is 15.0. The van der Waals surface area contributed by atoms with Crippen molar-refractivity contribution in [3.63, 3.8) is 0 Å². The quantitative estimate of drug-likeness (QED) is 0.529. The van der Waals surface area contributed by atoms with E-state index in [1.807, 2.05) is 30.3 Å². The molecule has 0 radical (unpaired) electrons. The molecule has 2 aromatic carbocycles. The van der Waals surface area contributed by atoms with Crippen LogP contribution in [0.25, 0.3) is 0 Å². The predicted octanol–water partition coefficient (Wildman–Crippen LogP) is 4.46. The minimum absolute atomic E-state index is 0.0575. The number of hydrogen-bond donors (Lipinski definition) is 1. The zero-order valence-corrected chi connectivity index (χ0v) is 18.7. The molecule has 1 aliphatic heterocycles. The Kier molecular flexibility index (Phi) is 6.78. The molecule has 31 heavy (non-hydrogen) atoms. The van der Waals surface area contributed by atoms with Crippen LogP contribution in [0.4, 0.5) is 0 Å². The molecule has 4 rings (SSSR count). The van der Waals surface area contributed by atoms with Crippen LogP contribution in [0.1, 0.15) is 49.7 Å². The average Bonchev–Trinajstić information content (AvgIpc) is 3.36. The summed E-state index contributed by atoms with van der Waals surface area (Å²) in [6, 6.07) is 20.0. The number of nitrogens with zero attached hydrogens (tertiary/aromatic N) is 1. The van der Waals surface area contributed by atoms with E-state index in [0.29, 0.717) is 5.56 Å². The number of hydrogen-bond acceptors (Lipinski definition) is 3. The molecular formula is C27H36NO3+. The Morgan fingerprint density at radius 1 is 0.968 bits per heavy atom. The largest absolute Gasteiger partial charge is 0.460 e. The number of rotatable bonds is 7. The second-order valence-corrected chi connectivity index (χ2v) is 9.74. The lowest BCUT2D eigenvalue weighted by Gasteiger charge is -2.41. The van der Waals surface area contributed by atoms with Gasteiger partial charge in [-0.25, -0.2) is 4.79 Å². The Balaban J connectivity index is 1.37. The summed E-state index contributed by atoms with van der Waals surface area (Å²) in [4.78, 5) is 13.3. The molecule has 4 nitrogen and oxygen atoms in total. The van der Waals surface area contributed by atoms with Gasteiger partial charge < -0.3 is 14.3 Å². The van der Waals surface area contributed by atoms with E-state index in [4.69, 9.17) is 4.74 Å². The van der Waals surface area contributed by atoms with Gasteiger partial charge in [0.05, 0.1) is 26.7 Å². The van der Waals surface area contributed by atoms with Crippen LogP contribution in [-0.2, 0) is 21.6 Å². The SMILES string of the molecule is C[N+]1(CCc2ccccc2)CCC(OC(=O)C(O)(c2ccccc2)C2CCCC2)CC1. The van der Waals surface area contributed by atoms with Crippen molar-refractivity contribution in [2.75, 3.05) is 26.7 Å². The fourth-order valence-electron chi connectivity index (χ4n) is 5.35. The summed E-state index contributed by atoms with van der Waals surface area (Å²) >= 11 is 0. The summed E-state index contributed by atoms with van der Waals surface area (Å²) in [6.45, 7) is 3.09. The van der Waals surface area contributed by atoms with E-state index in [0.717, 1.165) is 69.1 Å². The van der Waals surface area contributed by atoms with Gasteiger partial charge in [-0.05, 0) is 24.0 Å². The number of benzene rings is 2. The Bertz CT molecular complexity index is 839. The molecule has 2 fully saturated rings. The maximum Gasteiger partial charge on any atom is 0.343 e. The second-order valence-electron chi connectivity index (χ2n) is 9.74. The fourth-order valence-corrected chi connectivity index (χ4v) is 5.35. The van der Waals surface area contributed by atoms with Crippen molar-refractivity contribution in [3.8, 4) is 0 Å². The number of ether oxygens (including phenoxy) is 1. The minimum Gasteiger partial charge on any atom is -0.460 e. The van der Waals surface area contributed by atoms with Gasteiger partial charge in [0.15, 0.2) is 5.60 Å². The summed E-state index contributed by atoms with van der Waals surface area (Å²) in [5.74, 6) is -0.506. The van der Waals surface area contributed by atoms with E-state index in [-0.39, 0.29) is 12.0 Å². The van der Waals surface area contributed by atoms with E-state index in [1.165, 1.54) is 5.56 Å². The molecule has 166 valence electrons. The molecule has 1 atom stereocenters. The molecule has 2 aromatic rings. The second kappa shape index (κ2) is 9.54. The number of aliphatic hydroxyl groups is 1. The molecule has 0 spiro atoms. The zero-order chi connectivity index (χ0) is 21.7. The number of esters is 1. The molecule has 0 aromatic heterocycles. The van der Waals surface area contributed by atoms with E-state index in [2.05, 4.69) is 37.4 Å². The number of piperidine rings is 1. The molecule has 1 saturated carbocycles. The van der Waals surface area contributed by atoms with E-state index in [9.17, 15) is 9.90 Å². The Morgan fingerprint density at radius 3 is 2.16 bits per heavy atom. The van der Waals surface area contributed by atoms with Gasteiger partial charge in [0.1, 0.15) is 6.10 Å². The molecule has 1 saturated heterocycles. The molecule has 1 heterocycles. The van der Waals surface area contributed by atoms with Gasteiger partial charge in [-0.3, -0.25) is 0 Å². The molecular weight excluding hydrogens is 386 g/mol. The van der Waals surface area contributed by atoms with Crippen LogP contribution in [0, 0.1) is 5.92 Å². The monoisotopic (exact) mass is 422 g/mol. The van der Waals surface area contributed by atoms with Crippen LogP contribution in [0.5, 0.6) is 0 Å². The van der Waals surface area contributed by atoms with E-state index in [1.54, 1.807) is 0 Å². The summed E-state index contributed by atoms with van der Waals surface area (Å²) in [5, 5.41) is 11.6. The van der Waals surface area contributed by atoms with Crippen molar-refractivity contribution >= 4 is 5.97 Å². The molecule has 2 aliphatic rings. The average molecular weight is 423 g/mol. The molecule has 1 aliphatic carbocycles. The van der Waals surface area contributed by atoms with Crippen LogP contribution in [0.3, 0.4) is 0 Å². The van der Waals surface area contributed by atoms with Gasteiger partial charge in [0.25, 0.3) is 0 Å². The molecule has 4 heteroatoms. The van der Waals surface area contributed by atoms with E-state index < -0.39 is 11.6 Å². The fraction of sp³-hybridized carbons (Fsp3) is 0.519. The number of carbonyl (C=O) groups excluding carboxylic acids is 1. The first-order valence-electron chi connectivity index (χ1n) is 11.9. The topological polar surface area (TPSA) is 46.5 Å². The number of likely N-dealkylation sites (tertiary alicyclic amines) is 1. The van der Waals surface area contributed by atoms with Gasteiger partial charge in [-0.15, -0.1) is 0 Å². The maximum absolute atomic E-state index is 13.3. The zero-order valence-electron chi connectivity index (χ0n) is 18.7. The molecule has 0 bridgehead atoms. The Morgan fingerprint density at radius 2 is 1.55 bits per heavy atom. The van der Waals surface area contributed by atoms with E-state index >= 15 is 0 Å². The van der Waals surface area contributed by atoms with Crippen molar-refractivity contribution in [1.82, 2.24) is 0 Å². The third-order valence-electron chi connectivity index (χ3n) is 7.51. The van der Waals surface area contributed by atoms with Crippen molar-refractivity contribution < 1.29 is 19.1 Å².